The fourth-order valence-corrected chi connectivity index (χ4v) is 9.20. The minimum Gasteiger partial charge on any atom is -0.456 e. The van der Waals surface area contributed by atoms with Gasteiger partial charge in [-0.3, -0.25) is 0 Å². The Kier molecular flexibility index (Phi) is 7.21. The van der Waals surface area contributed by atoms with Crippen LogP contribution in [0.1, 0.15) is 0 Å². The predicted molar refractivity (Wildman–Crippen MR) is 248 cm³/mol. The fraction of sp³-hybridized carbons (Fsp3) is 0. The van der Waals surface area contributed by atoms with E-state index in [1.54, 1.807) is 0 Å². The molecule has 0 saturated carbocycles. The van der Waals surface area contributed by atoms with Crippen molar-refractivity contribution in [1.29, 1.82) is 0 Å². The van der Waals surface area contributed by atoms with E-state index in [1.807, 2.05) is 72.8 Å². The normalized spacial score (nSPS) is 11.9. The summed E-state index contributed by atoms with van der Waals surface area (Å²) in [6.45, 7) is 0. The maximum absolute atomic E-state index is 6.85. The van der Waals surface area contributed by atoms with Crippen LogP contribution in [0.2, 0.25) is 0 Å². The first kappa shape index (κ1) is 33.6. The van der Waals surface area contributed by atoms with Crippen LogP contribution in [0.25, 0.3) is 127 Å². The highest BCUT2D eigenvalue weighted by atomic mass is 16.3. The Morgan fingerprint density at radius 3 is 1.80 bits per heavy atom. The molecule has 4 heterocycles. The quantitative estimate of drug-likeness (QED) is 0.174. The molecule has 284 valence electrons. The minimum atomic E-state index is 0.564. The summed E-state index contributed by atoms with van der Waals surface area (Å²) in [6, 6.07) is 67.5. The number of para-hydroxylation sites is 2. The Balaban J connectivity index is 1.07. The van der Waals surface area contributed by atoms with E-state index >= 15 is 0 Å². The molecule has 0 fully saturated rings. The fourth-order valence-electron chi connectivity index (χ4n) is 9.20. The molecule has 0 unspecified atom stereocenters. The zero-order valence-electron chi connectivity index (χ0n) is 32.6. The van der Waals surface area contributed by atoms with E-state index in [1.165, 1.54) is 21.5 Å². The van der Waals surface area contributed by atoms with Gasteiger partial charge in [0.25, 0.3) is 0 Å². The molecule has 0 aliphatic carbocycles. The van der Waals surface area contributed by atoms with Gasteiger partial charge in [-0.1, -0.05) is 133 Å². The van der Waals surface area contributed by atoms with Gasteiger partial charge >= 0.3 is 0 Å². The van der Waals surface area contributed by atoms with Crippen molar-refractivity contribution in [3.05, 3.63) is 194 Å². The second-order valence-electron chi connectivity index (χ2n) is 15.6. The van der Waals surface area contributed by atoms with E-state index in [4.69, 9.17) is 23.8 Å². The first-order valence-electron chi connectivity index (χ1n) is 20.4. The summed E-state index contributed by atoms with van der Waals surface area (Å²) >= 11 is 0. The van der Waals surface area contributed by atoms with E-state index in [0.717, 1.165) is 88.4 Å². The molecule has 0 N–H and O–H groups in total. The van der Waals surface area contributed by atoms with Crippen molar-refractivity contribution < 1.29 is 8.83 Å². The Bertz CT molecular complexity index is 3880. The maximum Gasteiger partial charge on any atom is 0.164 e. The zero-order chi connectivity index (χ0) is 40.0. The van der Waals surface area contributed by atoms with Crippen molar-refractivity contribution in [1.82, 2.24) is 19.5 Å². The topological polar surface area (TPSA) is 69.9 Å². The summed E-state index contributed by atoms with van der Waals surface area (Å²) in [5.74, 6) is 1.73. The lowest BCUT2D eigenvalue weighted by molar-refractivity contribution is 0.668. The molecular formula is C55H32N4O2. The molecule has 13 aromatic rings. The molecule has 0 saturated heterocycles. The number of nitrogens with zero attached hydrogens (tertiary/aromatic N) is 4. The molecule has 0 bridgehead atoms. The zero-order valence-corrected chi connectivity index (χ0v) is 32.6. The molecule has 0 aliphatic rings. The van der Waals surface area contributed by atoms with Crippen molar-refractivity contribution in [2.75, 3.05) is 0 Å². The smallest absolute Gasteiger partial charge is 0.164 e. The van der Waals surface area contributed by atoms with Gasteiger partial charge in [0, 0.05) is 60.6 Å². The van der Waals surface area contributed by atoms with Gasteiger partial charge in [0.2, 0.25) is 0 Å². The van der Waals surface area contributed by atoms with Crippen LogP contribution < -0.4 is 0 Å². The minimum absolute atomic E-state index is 0.564. The van der Waals surface area contributed by atoms with Crippen LogP contribution in [0, 0.1) is 0 Å². The molecular weight excluding hydrogens is 749 g/mol. The number of furan rings is 2. The average molecular weight is 781 g/mol. The molecule has 0 spiro atoms. The molecule has 0 atom stereocenters. The van der Waals surface area contributed by atoms with Crippen LogP contribution in [0.5, 0.6) is 0 Å². The third-order valence-corrected chi connectivity index (χ3v) is 12.0. The van der Waals surface area contributed by atoms with E-state index < -0.39 is 0 Å². The van der Waals surface area contributed by atoms with Gasteiger partial charge < -0.3 is 13.4 Å². The number of benzene rings is 9. The van der Waals surface area contributed by atoms with Crippen LogP contribution in [0.15, 0.2) is 203 Å². The predicted octanol–water partition coefficient (Wildman–Crippen LogP) is 14.6. The number of aromatic nitrogens is 4. The molecule has 0 amide bonds. The largest absolute Gasteiger partial charge is 0.456 e. The van der Waals surface area contributed by atoms with Gasteiger partial charge in [0.15, 0.2) is 17.5 Å². The molecule has 4 aromatic heterocycles. The van der Waals surface area contributed by atoms with Crippen molar-refractivity contribution in [3.63, 3.8) is 0 Å². The Labute approximate surface area is 348 Å². The van der Waals surface area contributed by atoms with Gasteiger partial charge in [-0.15, -0.1) is 0 Å². The third-order valence-electron chi connectivity index (χ3n) is 12.0. The standard InChI is InChI=1S/C55H32N4O2/c1-3-14-33(15-4-1)41-31-44-51(32-47(41)59-45-23-11-9-20-38(45)42-28-35-18-7-8-19-36(35)30-46(42)59)61-50-25-13-22-40(52(44)50)55-57-53(34-16-5-2-6-17-34)56-54(58-55)37-26-27-49-43(29-37)39-21-10-12-24-48(39)60-49/h1-32H. The van der Waals surface area contributed by atoms with Crippen LogP contribution in [0.3, 0.4) is 0 Å². The molecule has 6 nitrogen and oxygen atoms in total. The van der Waals surface area contributed by atoms with E-state index in [0.29, 0.717) is 17.5 Å². The molecule has 6 heteroatoms. The summed E-state index contributed by atoms with van der Waals surface area (Å²) in [5, 5.41) is 8.81. The van der Waals surface area contributed by atoms with Crippen molar-refractivity contribution in [2.24, 2.45) is 0 Å². The van der Waals surface area contributed by atoms with E-state index in [-0.39, 0.29) is 0 Å². The van der Waals surface area contributed by atoms with Gasteiger partial charge in [0.1, 0.15) is 22.3 Å². The Hall–Kier alpha value is -8.35. The second kappa shape index (κ2) is 13.1. The average Bonchev–Trinajstić information content (AvgIpc) is 3.99. The summed E-state index contributed by atoms with van der Waals surface area (Å²) in [6.07, 6.45) is 0. The van der Waals surface area contributed by atoms with Gasteiger partial charge in [0.05, 0.1) is 16.7 Å². The summed E-state index contributed by atoms with van der Waals surface area (Å²) < 4.78 is 15.4. The maximum atomic E-state index is 6.85. The van der Waals surface area contributed by atoms with Crippen molar-refractivity contribution in [2.45, 2.75) is 0 Å². The van der Waals surface area contributed by atoms with Crippen molar-refractivity contribution >= 4 is 76.5 Å². The van der Waals surface area contributed by atoms with Gasteiger partial charge in [-0.25, -0.2) is 15.0 Å². The highest BCUT2D eigenvalue weighted by molar-refractivity contribution is 6.16. The van der Waals surface area contributed by atoms with Gasteiger partial charge in [-0.05, 0) is 70.9 Å². The van der Waals surface area contributed by atoms with E-state index in [2.05, 4.69) is 126 Å². The SMILES string of the molecule is c1ccc(-c2nc(-c3ccc4oc5ccccc5c4c3)nc(-c3cccc4oc5cc(-n6c7ccccc7c7cc8ccccc8cc76)c(-c6ccccc6)cc5c34)n2)cc1. The van der Waals surface area contributed by atoms with Crippen LogP contribution in [-0.2, 0) is 0 Å². The van der Waals surface area contributed by atoms with E-state index in [9.17, 15) is 0 Å². The first-order chi connectivity index (χ1) is 30.2. The lowest BCUT2D eigenvalue weighted by Crippen LogP contribution is -2.00. The molecule has 13 rings (SSSR count). The summed E-state index contributed by atoms with van der Waals surface area (Å²) in [5.41, 5.74) is 11.3. The Morgan fingerprint density at radius 1 is 0.328 bits per heavy atom. The lowest BCUT2D eigenvalue weighted by atomic mass is 9.98. The summed E-state index contributed by atoms with van der Waals surface area (Å²) in [7, 11) is 0. The second-order valence-corrected chi connectivity index (χ2v) is 15.6. The summed E-state index contributed by atoms with van der Waals surface area (Å²) in [4.78, 5) is 15.5. The van der Waals surface area contributed by atoms with Crippen LogP contribution in [0.4, 0.5) is 0 Å². The van der Waals surface area contributed by atoms with Gasteiger partial charge in [-0.2, -0.15) is 0 Å². The Morgan fingerprint density at radius 2 is 0.967 bits per heavy atom. The number of fused-ring (bicyclic) bond motifs is 10. The first-order valence-corrected chi connectivity index (χ1v) is 20.4. The molecule has 61 heavy (non-hydrogen) atoms. The molecule has 0 radical (unpaired) electrons. The molecule has 9 aromatic carbocycles. The number of hydrogen-bond donors (Lipinski definition) is 0. The monoisotopic (exact) mass is 780 g/mol. The highest BCUT2D eigenvalue weighted by Gasteiger charge is 2.23. The van der Waals surface area contributed by atoms with Crippen molar-refractivity contribution in [3.8, 4) is 51.0 Å². The van der Waals surface area contributed by atoms with Crippen LogP contribution >= 0.6 is 0 Å². The highest BCUT2D eigenvalue weighted by Crippen LogP contribution is 2.44. The van der Waals surface area contributed by atoms with Crippen LogP contribution in [-0.4, -0.2) is 19.5 Å². The molecule has 0 aliphatic heterocycles. The number of rotatable bonds is 5. The third kappa shape index (κ3) is 5.26. The lowest BCUT2D eigenvalue weighted by Gasteiger charge is -2.15. The number of hydrogen-bond acceptors (Lipinski definition) is 5.